The highest BCUT2D eigenvalue weighted by Gasteiger charge is 2.25. The van der Waals surface area contributed by atoms with E-state index in [0.717, 1.165) is 11.5 Å². The summed E-state index contributed by atoms with van der Waals surface area (Å²) < 4.78 is 1.43. The van der Waals surface area contributed by atoms with E-state index in [1.54, 1.807) is 17.0 Å². The Morgan fingerprint density at radius 3 is 2.61 bits per heavy atom. The summed E-state index contributed by atoms with van der Waals surface area (Å²) >= 11 is 0. The summed E-state index contributed by atoms with van der Waals surface area (Å²) in [7, 11) is 0. The van der Waals surface area contributed by atoms with Crippen LogP contribution < -0.4 is 10.6 Å². The van der Waals surface area contributed by atoms with E-state index >= 15 is 0 Å². The SMILES string of the molecule is Cc1cc(N2CCN(C(=O)c3cc(-n4cnnn4)ccc3O)CC2)nc(N)n1. The van der Waals surface area contributed by atoms with Crippen molar-refractivity contribution in [1.82, 2.24) is 35.1 Å². The number of hydrogen-bond acceptors (Lipinski definition) is 9. The van der Waals surface area contributed by atoms with Gasteiger partial charge in [0.05, 0.1) is 11.3 Å². The maximum Gasteiger partial charge on any atom is 0.257 e. The van der Waals surface area contributed by atoms with E-state index in [1.165, 1.54) is 17.1 Å². The van der Waals surface area contributed by atoms with Crippen LogP contribution >= 0.6 is 0 Å². The third-order valence-corrected chi connectivity index (χ3v) is 4.57. The minimum absolute atomic E-state index is 0.0801. The van der Waals surface area contributed by atoms with Gasteiger partial charge in [-0.25, -0.2) is 9.67 Å². The quantitative estimate of drug-likeness (QED) is 0.642. The van der Waals surface area contributed by atoms with Crippen molar-refractivity contribution >= 4 is 17.7 Å². The molecule has 1 aliphatic heterocycles. The minimum Gasteiger partial charge on any atom is -0.507 e. The van der Waals surface area contributed by atoms with Gasteiger partial charge in [0, 0.05) is 37.9 Å². The van der Waals surface area contributed by atoms with E-state index in [1.807, 2.05) is 13.0 Å². The highest BCUT2D eigenvalue weighted by atomic mass is 16.3. The number of aromatic nitrogens is 6. The maximum absolute atomic E-state index is 12.9. The molecule has 3 heterocycles. The van der Waals surface area contributed by atoms with Crippen LogP contribution in [0.15, 0.2) is 30.6 Å². The van der Waals surface area contributed by atoms with Crippen LogP contribution in [0.2, 0.25) is 0 Å². The molecule has 2 aromatic heterocycles. The Bertz CT molecular complexity index is 978. The molecule has 1 fully saturated rings. The number of tetrazole rings is 1. The number of carbonyl (C=O) groups is 1. The Hall–Kier alpha value is -3.76. The normalized spacial score (nSPS) is 14.3. The molecule has 1 aliphatic rings. The molecule has 0 spiro atoms. The molecule has 11 heteroatoms. The monoisotopic (exact) mass is 381 g/mol. The second-order valence-corrected chi connectivity index (χ2v) is 6.46. The zero-order chi connectivity index (χ0) is 19.7. The van der Waals surface area contributed by atoms with Crippen LogP contribution in [0.5, 0.6) is 5.75 Å². The van der Waals surface area contributed by atoms with Gasteiger partial charge in [0.2, 0.25) is 5.95 Å². The van der Waals surface area contributed by atoms with E-state index in [2.05, 4.69) is 30.4 Å². The molecule has 1 saturated heterocycles. The van der Waals surface area contributed by atoms with E-state index < -0.39 is 0 Å². The summed E-state index contributed by atoms with van der Waals surface area (Å²) in [6, 6.07) is 6.55. The van der Waals surface area contributed by atoms with Crippen molar-refractivity contribution in [3.8, 4) is 11.4 Å². The lowest BCUT2D eigenvalue weighted by atomic mass is 10.1. The lowest BCUT2D eigenvalue weighted by molar-refractivity contribution is 0.0743. The molecule has 1 amide bonds. The molecule has 4 rings (SSSR count). The Morgan fingerprint density at radius 2 is 1.93 bits per heavy atom. The van der Waals surface area contributed by atoms with Gasteiger partial charge in [-0.1, -0.05) is 0 Å². The molecule has 0 saturated carbocycles. The molecule has 28 heavy (non-hydrogen) atoms. The summed E-state index contributed by atoms with van der Waals surface area (Å²) in [5.74, 6) is 0.660. The van der Waals surface area contributed by atoms with Gasteiger partial charge < -0.3 is 20.6 Å². The number of rotatable bonds is 3. The number of phenols is 1. The smallest absolute Gasteiger partial charge is 0.257 e. The van der Waals surface area contributed by atoms with Gasteiger partial charge in [-0.3, -0.25) is 4.79 Å². The fourth-order valence-corrected chi connectivity index (χ4v) is 3.16. The third kappa shape index (κ3) is 3.41. The predicted octanol–water partition coefficient (Wildman–Crippen LogP) is 0.0109. The number of hydrogen-bond donors (Lipinski definition) is 2. The van der Waals surface area contributed by atoms with Crippen molar-refractivity contribution < 1.29 is 9.90 Å². The number of benzene rings is 1. The first-order chi connectivity index (χ1) is 13.5. The summed E-state index contributed by atoms with van der Waals surface area (Å²) in [4.78, 5) is 25.0. The highest BCUT2D eigenvalue weighted by Crippen LogP contribution is 2.23. The molecule has 11 nitrogen and oxygen atoms in total. The minimum atomic E-state index is -0.245. The van der Waals surface area contributed by atoms with Crippen LogP contribution in [0.1, 0.15) is 16.1 Å². The Labute approximate surface area is 160 Å². The maximum atomic E-state index is 12.9. The second-order valence-electron chi connectivity index (χ2n) is 6.46. The van der Waals surface area contributed by atoms with Crippen molar-refractivity contribution in [2.24, 2.45) is 0 Å². The number of nitrogens with two attached hydrogens (primary N) is 1. The van der Waals surface area contributed by atoms with Gasteiger partial charge in [-0.2, -0.15) is 4.98 Å². The summed E-state index contributed by atoms with van der Waals surface area (Å²) in [6.45, 7) is 4.07. The van der Waals surface area contributed by atoms with E-state index in [9.17, 15) is 9.90 Å². The largest absolute Gasteiger partial charge is 0.507 e. The topological polar surface area (TPSA) is 139 Å². The number of aromatic hydroxyl groups is 1. The number of amides is 1. The third-order valence-electron chi connectivity index (χ3n) is 4.57. The fourth-order valence-electron chi connectivity index (χ4n) is 3.16. The molecular formula is C17H19N9O2. The molecule has 3 aromatic rings. The van der Waals surface area contributed by atoms with Crippen LogP contribution in [0, 0.1) is 6.92 Å². The molecular weight excluding hydrogens is 362 g/mol. The fraction of sp³-hybridized carbons (Fsp3) is 0.294. The van der Waals surface area contributed by atoms with Crippen LogP contribution in [0.25, 0.3) is 5.69 Å². The van der Waals surface area contributed by atoms with Crippen molar-refractivity contribution in [1.29, 1.82) is 0 Å². The molecule has 144 valence electrons. The number of carbonyl (C=O) groups excluding carboxylic acids is 1. The first-order valence-electron chi connectivity index (χ1n) is 8.73. The van der Waals surface area contributed by atoms with E-state index in [4.69, 9.17) is 5.73 Å². The number of phenolic OH excluding ortho intramolecular Hbond substituents is 1. The molecule has 1 aromatic carbocycles. The van der Waals surface area contributed by atoms with Crippen LogP contribution in [0.3, 0.4) is 0 Å². The molecule has 0 bridgehead atoms. The average Bonchev–Trinajstić information content (AvgIpc) is 3.22. The van der Waals surface area contributed by atoms with Crippen molar-refractivity contribution in [3.05, 3.63) is 41.9 Å². The predicted molar refractivity (Wildman–Crippen MR) is 100 cm³/mol. The second kappa shape index (κ2) is 7.10. The summed E-state index contributed by atoms with van der Waals surface area (Å²) in [5.41, 5.74) is 7.33. The Balaban J connectivity index is 1.49. The number of nitrogen functional groups attached to an aromatic ring is 1. The Kier molecular flexibility index (Phi) is 4.47. The number of nitrogens with zero attached hydrogens (tertiary/aromatic N) is 8. The van der Waals surface area contributed by atoms with Gasteiger partial charge in [-0.05, 0) is 35.5 Å². The zero-order valence-corrected chi connectivity index (χ0v) is 15.2. The standard InChI is InChI=1S/C17H19N9O2/c1-11-8-15(21-17(18)20-11)24-4-6-25(7-5-24)16(28)13-9-12(2-3-14(13)27)26-10-19-22-23-26/h2-3,8-10,27H,4-7H2,1H3,(H2,18,20,21). The van der Waals surface area contributed by atoms with E-state index in [0.29, 0.717) is 31.9 Å². The van der Waals surface area contributed by atoms with Gasteiger partial charge in [0.1, 0.15) is 17.9 Å². The average molecular weight is 381 g/mol. The summed E-state index contributed by atoms with van der Waals surface area (Å²) in [5, 5.41) is 21.2. The molecule has 0 aliphatic carbocycles. The van der Waals surface area contributed by atoms with Gasteiger partial charge >= 0.3 is 0 Å². The first-order valence-corrected chi connectivity index (χ1v) is 8.73. The number of aryl methyl sites for hydroxylation is 1. The number of anilines is 2. The van der Waals surface area contributed by atoms with Crippen LogP contribution in [-0.4, -0.2) is 72.3 Å². The molecule has 0 unspecified atom stereocenters. The van der Waals surface area contributed by atoms with Crippen LogP contribution in [-0.2, 0) is 0 Å². The van der Waals surface area contributed by atoms with Crippen molar-refractivity contribution in [2.45, 2.75) is 6.92 Å². The van der Waals surface area contributed by atoms with Crippen molar-refractivity contribution in [3.63, 3.8) is 0 Å². The Morgan fingerprint density at radius 1 is 1.14 bits per heavy atom. The molecule has 0 atom stereocenters. The lowest BCUT2D eigenvalue weighted by Crippen LogP contribution is -2.49. The summed E-state index contributed by atoms with van der Waals surface area (Å²) in [6.07, 6.45) is 1.43. The van der Waals surface area contributed by atoms with Gasteiger partial charge in [0.15, 0.2) is 0 Å². The van der Waals surface area contributed by atoms with Crippen LogP contribution in [0.4, 0.5) is 11.8 Å². The van der Waals surface area contributed by atoms with Crippen molar-refractivity contribution in [2.75, 3.05) is 36.8 Å². The highest BCUT2D eigenvalue weighted by molar-refractivity contribution is 5.97. The zero-order valence-electron chi connectivity index (χ0n) is 15.2. The molecule has 0 radical (unpaired) electrons. The van der Waals surface area contributed by atoms with E-state index in [-0.39, 0.29) is 23.2 Å². The van der Waals surface area contributed by atoms with Gasteiger partial charge in [-0.15, -0.1) is 5.10 Å². The first kappa shape index (κ1) is 17.6. The lowest BCUT2D eigenvalue weighted by Gasteiger charge is -2.35. The molecule has 3 N–H and O–H groups in total. The number of piperazine rings is 1. The van der Waals surface area contributed by atoms with Gasteiger partial charge in [0.25, 0.3) is 5.91 Å².